The monoisotopic (exact) mass is 418 g/mol. The van der Waals surface area contributed by atoms with Crippen molar-refractivity contribution in [3.63, 3.8) is 0 Å². The summed E-state index contributed by atoms with van der Waals surface area (Å²) in [6.45, 7) is 1.98. The summed E-state index contributed by atoms with van der Waals surface area (Å²) in [5.74, 6) is 0.972. The van der Waals surface area contributed by atoms with Gasteiger partial charge in [0.25, 0.3) is 5.91 Å². The van der Waals surface area contributed by atoms with Gasteiger partial charge in [-0.25, -0.2) is 5.01 Å². The molecule has 4 heterocycles. The molecule has 0 N–H and O–H groups in total. The van der Waals surface area contributed by atoms with E-state index < -0.39 is 0 Å². The lowest BCUT2D eigenvalue weighted by molar-refractivity contribution is -0.134. The Morgan fingerprint density at radius 2 is 2.07 bits per heavy atom. The van der Waals surface area contributed by atoms with Crippen molar-refractivity contribution in [2.45, 2.75) is 25.9 Å². The summed E-state index contributed by atoms with van der Waals surface area (Å²) in [5.41, 5.74) is 3.01. The zero-order chi connectivity index (χ0) is 20.5. The number of hydrazone groups is 1. The summed E-state index contributed by atoms with van der Waals surface area (Å²) >= 11 is 1.52. The number of hydrogen-bond acceptors (Lipinski definition) is 7. The van der Waals surface area contributed by atoms with Crippen LogP contribution in [0.3, 0.4) is 0 Å². The van der Waals surface area contributed by atoms with Crippen LogP contribution in [0.2, 0.25) is 0 Å². The molecule has 1 aliphatic rings. The molecule has 30 heavy (non-hydrogen) atoms. The Morgan fingerprint density at radius 1 is 1.20 bits per heavy atom. The van der Waals surface area contributed by atoms with Gasteiger partial charge in [0.1, 0.15) is 18.3 Å². The molecule has 0 bridgehead atoms. The first-order valence-electron chi connectivity index (χ1n) is 9.49. The minimum atomic E-state index is -0.302. The van der Waals surface area contributed by atoms with Crippen LogP contribution in [-0.4, -0.2) is 36.8 Å². The third-order valence-corrected chi connectivity index (χ3v) is 5.76. The highest BCUT2D eigenvalue weighted by Crippen LogP contribution is 2.33. The molecule has 1 atom stereocenters. The Labute approximate surface area is 176 Å². The molecule has 1 amide bonds. The van der Waals surface area contributed by atoms with Crippen LogP contribution in [0.25, 0.3) is 10.7 Å². The van der Waals surface area contributed by atoms with E-state index in [-0.39, 0.29) is 18.5 Å². The summed E-state index contributed by atoms with van der Waals surface area (Å²) in [6, 6.07) is 15.3. The van der Waals surface area contributed by atoms with Crippen molar-refractivity contribution in [2.75, 3.05) is 0 Å². The second kappa shape index (κ2) is 7.68. The van der Waals surface area contributed by atoms with Gasteiger partial charge in [0, 0.05) is 6.42 Å². The van der Waals surface area contributed by atoms with Gasteiger partial charge in [-0.1, -0.05) is 35.9 Å². The number of carbonyl (C=O) groups is 1. The standard InChI is InChI=1S/C21H18N6O2S/c1-14-6-8-15(9-7-14)16-12-17(18-4-2-10-29-18)27(23-16)20(28)13-26-24-21(22-25-26)19-5-3-11-30-19/h2-11,17H,12-13H2,1H3/t17-/m1/s1. The molecule has 0 radical (unpaired) electrons. The molecule has 0 unspecified atom stereocenters. The van der Waals surface area contributed by atoms with Gasteiger partial charge >= 0.3 is 0 Å². The highest BCUT2D eigenvalue weighted by molar-refractivity contribution is 7.13. The van der Waals surface area contributed by atoms with Crippen molar-refractivity contribution in [1.82, 2.24) is 25.2 Å². The predicted molar refractivity (Wildman–Crippen MR) is 112 cm³/mol. The maximum absolute atomic E-state index is 13.1. The van der Waals surface area contributed by atoms with Gasteiger partial charge in [0.2, 0.25) is 5.82 Å². The topological polar surface area (TPSA) is 89.4 Å². The first-order chi connectivity index (χ1) is 14.7. The molecule has 150 valence electrons. The molecule has 1 aliphatic heterocycles. The van der Waals surface area contributed by atoms with Crippen LogP contribution in [-0.2, 0) is 11.3 Å². The van der Waals surface area contributed by atoms with Gasteiger partial charge in [-0.05, 0) is 41.3 Å². The van der Waals surface area contributed by atoms with Crippen LogP contribution in [0.4, 0.5) is 0 Å². The van der Waals surface area contributed by atoms with Crippen LogP contribution in [0.1, 0.15) is 29.3 Å². The van der Waals surface area contributed by atoms with Crippen LogP contribution in [0.15, 0.2) is 69.7 Å². The normalized spacial score (nSPS) is 16.1. The van der Waals surface area contributed by atoms with Crippen molar-refractivity contribution in [1.29, 1.82) is 0 Å². The van der Waals surface area contributed by atoms with Crippen LogP contribution < -0.4 is 0 Å². The van der Waals surface area contributed by atoms with Crippen molar-refractivity contribution in [3.8, 4) is 10.7 Å². The van der Waals surface area contributed by atoms with E-state index >= 15 is 0 Å². The summed E-state index contributed by atoms with van der Waals surface area (Å²) in [7, 11) is 0. The molecule has 0 saturated carbocycles. The van der Waals surface area contributed by atoms with E-state index in [2.05, 4.69) is 20.5 Å². The molecule has 0 aliphatic carbocycles. The van der Waals surface area contributed by atoms with Gasteiger partial charge < -0.3 is 4.42 Å². The zero-order valence-corrected chi connectivity index (χ0v) is 17.0. The first-order valence-corrected chi connectivity index (χ1v) is 10.4. The average Bonchev–Trinajstić information content (AvgIpc) is 3.55. The van der Waals surface area contributed by atoms with Crippen LogP contribution >= 0.6 is 11.3 Å². The number of aryl methyl sites for hydroxylation is 1. The molecular weight excluding hydrogens is 400 g/mol. The number of aromatic nitrogens is 4. The number of thiophene rings is 1. The van der Waals surface area contributed by atoms with Gasteiger partial charge in [-0.3, -0.25) is 4.79 Å². The smallest absolute Gasteiger partial charge is 0.267 e. The number of furan rings is 1. The lowest BCUT2D eigenvalue weighted by Gasteiger charge is -2.19. The third-order valence-electron chi connectivity index (χ3n) is 4.89. The summed E-state index contributed by atoms with van der Waals surface area (Å²) < 4.78 is 5.59. The lowest BCUT2D eigenvalue weighted by atomic mass is 10.0. The zero-order valence-electron chi connectivity index (χ0n) is 16.2. The molecular formula is C21H18N6O2S. The van der Waals surface area contributed by atoms with Crippen molar-refractivity contribution < 1.29 is 9.21 Å². The number of benzene rings is 1. The fraction of sp³-hybridized carbons (Fsp3) is 0.190. The number of nitrogens with zero attached hydrogens (tertiary/aromatic N) is 6. The number of carbonyl (C=O) groups excluding carboxylic acids is 1. The largest absolute Gasteiger partial charge is 0.467 e. The van der Waals surface area contributed by atoms with Gasteiger partial charge in [-0.15, -0.1) is 21.5 Å². The van der Waals surface area contributed by atoms with Crippen LogP contribution in [0, 0.1) is 6.92 Å². The SMILES string of the molecule is Cc1ccc(C2=NN(C(=O)Cn3nnc(-c4cccs4)n3)[C@@H](c3ccco3)C2)cc1. The van der Waals surface area contributed by atoms with E-state index in [1.54, 1.807) is 6.26 Å². The Morgan fingerprint density at radius 3 is 2.80 bits per heavy atom. The molecule has 3 aromatic heterocycles. The third kappa shape index (κ3) is 3.55. The molecule has 0 fully saturated rings. The Kier molecular flexibility index (Phi) is 4.72. The van der Waals surface area contributed by atoms with Gasteiger partial charge in [-0.2, -0.15) is 9.90 Å². The minimum Gasteiger partial charge on any atom is -0.467 e. The maximum Gasteiger partial charge on any atom is 0.267 e. The molecule has 0 spiro atoms. The Balaban J connectivity index is 1.40. The summed E-state index contributed by atoms with van der Waals surface area (Å²) in [4.78, 5) is 15.3. The Bertz CT molecular complexity index is 1180. The first kappa shape index (κ1) is 18.4. The quantitative estimate of drug-likeness (QED) is 0.493. The highest BCUT2D eigenvalue weighted by Gasteiger charge is 2.35. The van der Waals surface area contributed by atoms with Crippen molar-refractivity contribution in [3.05, 3.63) is 77.1 Å². The fourth-order valence-corrected chi connectivity index (χ4v) is 4.02. The molecule has 9 heteroatoms. The molecule has 8 nitrogen and oxygen atoms in total. The van der Waals surface area contributed by atoms with E-state index in [9.17, 15) is 4.79 Å². The fourth-order valence-electron chi connectivity index (χ4n) is 3.37. The lowest BCUT2D eigenvalue weighted by Crippen LogP contribution is -2.31. The van der Waals surface area contributed by atoms with E-state index in [1.165, 1.54) is 26.7 Å². The summed E-state index contributed by atoms with van der Waals surface area (Å²) in [6.07, 6.45) is 2.18. The molecule has 4 aromatic rings. The van der Waals surface area contributed by atoms with Gasteiger partial charge in [0.15, 0.2) is 0 Å². The number of hydrogen-bond donors (Lipinski definition) is 0. The molecule has 0 saturated heterocycles. The molecule has 1 aromatic carbocycles. The van der Waals surface area contributed by atoms with Crippen molar-refractivity contribution in [2.24, 2.45) is 5.10 Å². The number of tetrazole rings is 1. The second-order valence-electron chi connectivity index (χ2n) is 7.01. The Hall–Kier alpha value is -3.59. The van der Waals surface area contributed by atoms with Crippen LogP contribution in [0.5, 0.6) is 0 Å². The van der Waals surface area contributed by atoms with E-state index in [1.807, 2.05) is 60.8 Å². The summed E-state index contributed by atoms with van der Waals surface area (Å²) in [5, 5.41) is 20.4. The van der Waals surface area contributed by atoms with E-state index in [4.69, 9.17) is 4.42 Å². The van der Waals surface area contributed by atoms with Crippen molar-refractivity contribution >= 4 is 23.0 Å². The van der Waals surface area contributed by atoms with Gasteiger partial charge in [0.05, 0.1) is 16.9 Å². The number of amides is 1. The second-order valence-corrected chi connectivity index (χ2v) is 7.95. The number of rotatable bonds is 5. The highest BCUT2D eigenvalue weighted by atomic mass is 32.1. The molecule has 5 rings (SSSR count). The predicted octanol–water partition coefficient (Wildman–Crippen LogP) is 3.68. The average molecular weight is 418 g/mol. The van der Waals surface area contributed by atoms with E-state index in [0.29, 0.717) is 18.0 Å². The van der Waals surface area contributed by atoms with E-state index in [0.717, 1.165) is 16.2 Å². The minimum absolute atomic E-state index is 0.0553. The maximum atomic E-state index is 13.1.